The van der Waals surface area contributed by atoms with E-state index in [1.165, 1.54) is 56.8 Å². The van der Waals surface area contributed by atoms with Crippen LogP contribution in [0, 0.1) is 58.2 Å². The first-order valence-electron chi connectivity index (χ1n) is 14.9. The van der Waals surface area contributed by atoms with E-state index in [1.54, 1.807) is 0 Å². The fourth-order valence-corrected chi connectivity index (χ4v) is 5.14. The van der Waals surface area contributed by atoms with Crippen LogP contribution < -0.4 is 20.1 Å². The van der Waals surface area contributed by atoms with Crippen LogP contribution in [0.15, 0.2) is 48.8 Å². The van der Waals surface area contributed by atoms with Gasteiger partial charge in [0, 0.05) is 43.0 Å². The summed E-state index contributed by atoms with van der Waals surface area (Å²) in [6, 6.07) is 7.49. The smallest absolute Gasteiger partial charge is 0.362 e. The van der Waals surface area contributed by atoms with Gasteiger partial charge in [0.05, 0.1) is 11.4 Å². The first-order valence-corrected chi connectivity index (χ1v) is 14.9. The molecule has 6 rings (SSSR count). The molecule has 0 atom stereocenters. The lowest BCUT2D eigenvalue weighted by atomic mass is 10.1. The van der Waals surface area contributed by atoms with Crippen LogP contribution in [0.5, 0.6) is 11.5 Å². The van der Waals surface area contributed by atoms with Crippen LogP contribution in [0.4, 0.5) is 55.3 Å². The number of ether oxygens (including phenoxy) is 2. The van der Waals surface area contributed by atoms with Gasteiger partial charge in [0.1, 0.15) is 11.4 Å². The van der Waals surface area contributed by atoms with E-state index in [0.717, 1.165) is 15.2 Å². The highest BCUT2D eigenvalue weighted by Gasteiger charge is 2.32. The van der Waals surface area contributed by atoms with Crippen LogP contribution in [0.1, 0.15) is 41.8 Å². The van der Waals surface area contributed by atoms with Gasteiger partial charge in [0.25, 0.3) is 11.8 Å². The summed E-state index contributed by atoms with van der Waals surface area (Å²) < 4.78 is 148. The van der Waals surface area contributed by atoms with Crippen molar-refractivity contribution >= 4 is 46.0 Å². The molecule has 0 aliphatic rings. The maximum absolute atomic E-state index is 14.1. The quantitative estimate of drug-likeness (QED) is 0.0493. The summed E-state index contributed by atoms with van der Waals surface area (Å²) >= 11 is 0. The zero-order valence-electron chi connectivity index (χ0n) is 27.2. The zero-order chi connectivity index (χ0) is 40.2. The minimum Gasteiger partial charge on any atom is -0.415 e. The van der Waals surface area contributed by atoms with Gasteiger partial charge in [-0.15, -0.1) is 0 Å². The van der Waals surface area contributed by atoms with Crippen molar-refractivity contribution < 1.29 is 72.6 Å². The number of rotatable bonds is 8. The van der Waals surface area contributed by atoms with E-state index in [4.69, 9.17) is 0 Å². The Balaban J connectivity index is 1.16. The molecule has 0 fully saturated rings. The third kappa shape index (κ3) is 6.70. The van der Waals surface area contributed by atoms with Gasteiger partial charge in [0.2, 0.25) is 69.7 Å². The molecular formula is C34H17F10N5O6. The summed E-state index contributed by atoms with van der Waals surface area (Å²) in [5.41, 5.74) is -1.21. The van der Waals surface area contributed by atoms with Crippen molar-refractivity contribution in [1.29, 1.82) is 0 Å². The summed E-state index contributed by atoms with van der Waals surface area (Å²) in [6.07, 6.45) is 2.38. The number of nitrogens with zero attached hydrogens (tertiary/aromatic N) is 2. The van der Waals surface area contributed by atoms with Gasteiger partial charge < -0.3 is 34.2 Å². The van der Waals surface area contributed by atoms with Crippen molar-refractivity contribution in [2.24, 2.45) is 14.1 Å². The predicted octanol–water partition coefficient (Wildman–Crippen LogP) is 7.18. The van der Waals surface area contributed by atoms with E-state index in [1.807, 2.05) is 0 Å². The topological polar surface area (TPSA) is 136 Å². The Labute approximate surface area is 298 Å². The average molecular weight is 782 g/mol. The molecule has 0 aliphatic carbocycles. The molecule has 11 nitrogen and oxygen atoms in total. The van der Waals surface area contributed by atoms with Gasteiger partial charge in [-0.25, -0.2) is 35.9 Å². The summed E-state index contributed by atoms with van der Waals surface area (Å²) in [6.45, 7) is 0. The molecule has 0 saturated carbocycles. The van der Waals surface area contributed by atoms with E-state index in [9.17, 15) is 63.1 Å². The number of carbonyl (C=O) groups is 4. The maximum Gasteiger partial charge on any atom is 0.362 e. The second-order valence-corrected chi connectivity index (χ2v) is 11.4. The average Bonchev–Trinajstić information content (AvgIpc) is 3.87. The number of aryl methyl sites for hydroxylation is 2. The number of amides is 2. The molecule has 3 aromatic carbocycles. The highest BCUT2D eigenvalue weighted by molar-refractivity contribution is 6.10. The van der Waals surface area contributed by atoms with Crippen LogP contribution in [0.3, 0.4) is 0 Å². The molecule has 21 heteroatoms. The third-order valence-electron chi connectivity index (χ3n) is 7.84. The van der Waals surface area contributed by atoms with Crippen molar-refractivity contribution in [3.63, 3.8) is 0 Å². The van der Waals surface area contributed by atoms with Gasteiger partial charge in [-0.1, -0.05) is 0 Å². The van der Waals surface area contributed by atoms with E-state index >= 15 is 0 Å². The van der Waals surface area contributed by atoms with Gasteiger partial charge >= 0.3 is 11.9 Å². The summed E-state index contributed by atoms with van der Waals surface area (Å²) in [5, 5.41) is 5.08. The predicted molar refractivity (Wildman–Crippen MR) is 167 cm³/mol. The number of H-pyrrole nitrogens is 1. The second kappa shape index (κ2) is 14.1. The Morgan fingerprint density at radius 2 is 1.13 bits per heavy atom. The number of hydrogen-bond donors (Lipinski definition) is 3. The number of hydrogen-bond acceptors (Lipinski definition) is 6. The lowest BCUT2D eigenvalue weighted by molar-refractivity contribution is 0.0697. The molecule has 3 heterocycles. The number of aromatic amines is 1. The Morgan fingerprint density at radius 1 is 0.600 bits per heavy atom. The summed E-state index contributed by atoms with van der Waals surface area (Å²) in [7, 11) is 2.50. The number of aromatic nitrogens is 3. The third-order valence-corrected chi connectivity index (χ3v) is 7.84. The SMILES string of the molecule is Cn1cc(NC(=O)c2ccc3[nH]c(C(=O)Nc4ccn(C)c4C(=O)Oc4c(F)c(F)c(F)c(F)c4F)cc3c2)cc1C(=O)Oc1c(F)c(F)c(F)c(F)c1F. The number of carbonyl (C=O) groups excluding carboxylic acids is 4. The van der Waals surface area contributed by atoms with Crippen LogP contribution >= 0.6 is 0 Å². The van der Waals surface area contributed by atoms with Gasteiger partial charge in [-0.05, 0) is 36.4 Å². The highest BCUT2D eigenvalue weighted by atomic mass is 19.2. The summed E-state index contributed by atoms with van der Waals surface area (Å²) in [4.78, 5) is 54.3. The fourth-order valence-electron chi connectivity index (χ4n) is 5.14. The molecule has 0 saturated heterocycles. The maximum atomic E-state index is 14.1. The number of fused-ring (bicyclic) bond motifs is 1. The normalized spacial score (nSPS) is 11.2. The molecule has 3 aromatic heterocycles. The van der Waals surface area contributed by atoms with Crippen LogP contribution in [-0.2, 0) is 14.1 Å². The van der Waals surface area contributed by atoms with E-state index in [0.29, 0.717) is 5.52 Å². The number of benzene rings is 3. The molecule has 284 valence electrons. The molecule has 0 spiro atoms. The first kappa shape index (κ1) is 37.7. The number of anilines is 2. The number of halogens is 10. The lowest BCUT2D eigenvalue weighted by Crippen LogP contribution is -2.20. The van der Waals surface area contributed by atoms with Crippen LogP contribution in [0.25, 0.3) is 10.9 Å². The molecule has 0 bridgehead atoms. The summed E-state index contributed by atoms with van der Waals surface area (Å²) in [5.74, 6) is -32.4. The molecular weight excluding hydrogens is 764 g/mol. The minimum absolute atomic E-state index is 0.00550. The van der Waals surface area contributed by atoms with Crippen LogP contribution in [0.2, 0.25) is 0 Å². The van der Waals surface area contributed by atoms with Gasteiger partial charge in [-0.3, -0.25) is 9.59 Å². The highest BCUT2D eigenvalue weighted by Crippen LogP contribution is 2.32. The Bertz CT molecular complexity index is 2570. The number of nitrogens with one attached hydrogen (secondary N) is 3. The minimum atomic E-state index is -2.47. The lowest BCUT2D eigenvalue weighted by Gasteiger charge is -2.11. The van der Waals surface area contributed by atoms with E-state index in [-0.39, 0.29) is 28.0 Å². The Kier molecular flexibility index (Phi) is 9.63. The van der Waals surface area contributed by atoms with Crippen molar-refractivity contribution in [2.75, 3.05) is 10.6 Å². The standard InChI is InChI=1S/C34H17F10N5O6/c1-48-6-5-15(28(48)34(53)55-30-26(43)22(39)19(36)23(40)27(30)44)47-32(51)16-8-12-7-11(3-4-14(12)46-16)31(50)45-13-9-17(49(2)10-13)33(52)54-29-24(41)20(37)18(35)21(38)25(29)42/h3-10,46H,1-2H3,(H,45,50)(H,47,51). The Morgan fingerprint density at radius 3 is 1.69 bits per heavy atom. The Hall–Kier alpha value is -7.06. The zero-order valence-corrected chi connectivity index (χ0v) is 27.2. The molecule has 0 radical (unpaired) electrons. The molecule has 3 N–H and O–H groups in total. The van der Waals surface area contributed by atoms with E-state index in [2.05, 4.69) is 25.1 Å². The molecule has 0 aliphatic heterocycles. The first-order chi connectivity index (χ1) is 25.9. The molecule has 2 amide bonds. The molecule has 55 heavy (non-hydrogen) atoms. The van der Waals surface area contributed by atoms with E-state index < -0.39 is 105 Å². The van der Waals surface area contributed by atoms with Gasteiger partial charge in [0.15, 0.2) is 5.69 Å². The van der Waals surface area contributed by atoms with Crippen molar-refractivity contribution in [1.82, 2.24) is 14.1 Å². The molecule has 0 unspecified atom stereocenters. The van der Waals surface area contributed by atoms with Crippen molar-refractivity contribution in [2.45, 2.75) is 0 Å². The fraction of sp³-hybridized carbons (Fsp3) is 0.0588. The monoisotopic (exact) mass is 781 g/mol. The van der Waals surface area contributed by atoms with Crippen molar-refractivity contribution in [3.8, 4) is 11.5 Å². The number of esters is 2. The second-order valence-electron chi connectivity index (χ2n) is 11.4. The van der Waals surface area contributed by atoms with Crippen molar-refractivity contribution in [3.05, 3.63) is 130 Å². The largest absolute Gasteiger partial charge is 0.415 e. The van der Waals surface area contributed by atoms with Gasteiger partial charge in [-0.2, -0.15) is 17.6 Å². The molecule has 6 aromatic rings. The van der Waals surface area contributed by atoms with Crippen LogP contribution in [-0.4, -0.2) is 37.9 Å².